The van der Waals surface area contributed by atoms with Gasteiger partial charge in [-0.1, -0.05) is 0 Å². The highest BCUT2D eigenvalue weighted by Gasteiger charge is 2.25. The van der Waals surface area contributed by atoms with Gasteiger partial charge in [-0.15, -0.1) is 35.3 Å². The van der Waals surface area contributed by atoms with Crippen molar-refractivity contribution in [3.63, 3.8) is 0 Å². The Morgan fingerprint density at radius 3 is 3.00 bits per heavy atom. The maximum Gasteiger partial charge on any atom is 0.191 e. The number of aryl methyl sites for hydroxylation is 1. The molecule has 0 spiro atoms. The molecule has 3 heterocycles. The SMILES string of the molecule is CN=C(NCc1scnc1C)NC1CCN(c2ncccc2F)C1.I. The van der Waals surface area contributed by atoms with Crippen LogP contribution in [0.25, 0.3) is 0 Å². The lowest BCUT2D eigenvalue weighted by atomic mass is 10.3. The van der Waals surface area contributed by atoms with E-state index in [2.05, 4.69) is 25.6 Å². The second-order valence-electron chi connectivity index (χ2n) is 5.67. The number of hydrogen-bond acceptors (Lipinski definition) is 5. The number of aromatic nitrogens is 2. The molecule has 1 atom stereocenters. The number of halogens is 2. The van der Waals surface area contributed by atoms with Gasteiger partial charge in [0.15, 0.2) is 17.6 Å². The molecule has 136 valence electrons. The normalized spacial score (nSPS) is 17.3. The third-order valence-corrected chi connectivity index (χ3v) is 4.99. The maximum atomic E-state index is 13.8. The molecule has 0 aromatic carbocycles. The van der Waals surface area contributed by atoms with Gasteiger partial charge in [-0.25, -0.2) is 14.4 Å². The molecular formula is C16H22FIN6S. The Hall–Kier alpha value is -1.49. The molecule has 25 heavy (non-hydrogen) atoms. The fourth-order valence-electron chi connectivity index (χ4n) is 2.73. The molecule has 2 aromatic heterocycles. The molecule has 2 N–H and O–H groups in total. The summed E-state index contributed by atoms with van der Waals surface area (Å²) in [5.74, 6) is 0.891. The minimum Gasteiger partial charge on any atom is -0.352 e. The predicted molar refractivity (Wildman–Crippen MR) is 110 cm³/mol. The summed E-state index contributed by atoms with van der Waals surface area (Å²) in [5, 5.41) is 6.70. The highest BCUT2D eigenvalue weighted by atomic mass is 127. The van der Waals surface area contributed by atoms with Crippen molar-refractivity contribution in [2.45, 2.75) is 25.9 Å². The third-order valence-electron chi connectivity index (χ3n) is 4.05. The van der Waals surface area contributed by atoms with Crippen LogP contribution in [-0.2, 0) is 6.54 Å². The zero-order chi connectivity index (χ0) is 16.9. The van der Waals surface area contributed by atoms with Crippen molar-refractivity contribution >= 4 is 47.1 Å². The standard InChI is InChI=1S/C16H21FN6S.HI/c1-11-14(24-10-21-11)8-20-16(18-2)22-12-5-7-23(9-12)15-13(17)4-3-6-19-15;/h3-4,6,10,12H,5,7-9H2,1-2H3,(H2,18,20,22);1H. The second-order valence-corrected chi connectivity index (χ2v) is 6.61. The minimum atomic E-state index is -0.277. The molecule has 1 aliphatic rings. The number of anilines is 1. The van der Waals surface area contributed by atoms with E-state index in [0.29, 0.717) is 18.9 Å². The summed E-state index contributed by atoms with van der Waals surface area (Å²) in [6.45, 7) is 4.17. The highest BCUT2D eigenvalue weighted by molar-refractivity contribution is 14.0. The number of guanidine groups is 1. The van der Waals surface area contributed by atoms with E-state index in [4.69, 9.17) is 0 Å². The lowest BCUT2D eigenvalue weighted by molar-refractivity contribution is 0.612. The molecule has 1 aliphatic heterocycles. The van der Waals surface area contributed by atoms with Crippen molar-refractivity contribution < 1.29 is 4.39 Å². The number of thiazole rings is 1. The van der Waals surface area contributed by atoms with Gasteiger partial charge in [0.05, 0.1) is 17.7 Å². The monoisotopic (exact) mass is 476 g/mol. The van der Waals surface area contributed by atoms with E-state index in [1.165, 1.54) is 10.9 Å². The number of pyridine rings is 1. The van der Waals surface area contributed by atoms with Crippen LogP contribution in [0, 0.1) is 12.7 Å². The first-order valence-electron chi connectivity index (χ1n) is 7.89. The number of hydrogen-bond donors (Lipinski definition) is 2. The summed E-state index contributed by atoms with van der Waals surface area (Å²) in [7, 11) is 1.75. The Bertz CT molecular complexity index is 722. The van der Waals surface area contributed by atoms with Crippen LogP contribution < -0.4 is 15.5 Å². The topological polar surface area (TPSA) is 65.4 Å². The van der Waals surface area contributed by atoms with Gasteiger partial charge in [-0.3, -0.25) is 4.99 Å². The van der Waals surface area contributed by atoms with Crippen LogP contribution in [0.1, 0.15) is 17.0 Å². The fraction of sp³-hybridized carbons (Fsp3) is 0.438. The molecule has 0 saturated carbocycles. The fourth-order valence-corrected chi connectivity index (χ4v) is 3.45. The first-order valence-corrected chi connectivity index (χ1v) is 8.77. The summed E-state index contributed by atoms with van der Waals surface area (Å²) >= 11 is 1.63. The molecule has 1 unspecified atom stereocenters. The van der Waals surface area contributed by atoms with Gasteiger partial charge in [0.1, 0.15) is 0 Å². The molecule has 9 heteroatoms. The van der Waals surface area contributed by atoms with Crippen molar-refractivity contribution in [1.29, 1.82) is 0 Å². The van der Waals surface area contributed by atoms with Crippen LogP contribution in [0.2, 0.25) is 0 Å². The lowest BCUT2D eigenvalue weighted by Crippen LogP contribution is -2.44. The van der Waals surface area contributed by atoms with Crippen molar-refractivity contribution in [3.05, 3.63) is 40.2 Å². The maximum absolute atomic E-state index is 13.8. The van der Waals surface area contributed by atoms with Crippen LogP contribution in [-0.4, -0.2) is 42.1 Å². The zero-order valence-electron chi connectivity index (χ0n) is 14.2. The van der Waals surface area contributed by atoms with E-state index in [0.717, 1.165) is 24.6 Å². The van der Waals surface area contributed by atoms with Crippen molar-refractivity contribution in [3.8, 4) is 0 Å². The Labute approximate surface area is 168 Å². The third kappa shape index (κ3) is 5.00. The van der Waals surface area contributed by atoms with Crippen LogP contribution in [0.3, 0.4) is 0 Å². The van der Waals surface area contributed by atoms with Gasteiger partial charge in [-0.05, 0) is 25.5 Å². The number of rotatable bonds is 4. The Balaban J connectivity index is 0.00000225. The average molecular weight is 476 g/mol. The number of aliphatic imine (C=N–C) groups is 1. The van der Waals surface area contributed by atoms with Gasteiger partial charge in [-0.2, -0.15) is 0 Å². The summed E-state index contributed by atoms with van der Waals surface area (Å²) in [4.78, 5) is 15.8. The molecule has 1 fully saturated rings. The first kappa shape index (κ1) is 19.8. The highest BCUT2D eigenvalue weighted by Crippen LogP contribution is 2.20. The van der Waals surface area contributed by atoms with E-state index >= 15 is 0 Å². The average Bonchev–Trinajstić information content (AvgIpc) is 3.21. The molecule has 3 rings (SSSR count). The molecule has 0 amide bonds. The molecule has 1 saturated heterocycles. The molecular weight excluding hydrogens is 454 g/mol. The molecule has 6 nitrogen and oxygen atoms in total. The summed E-state index contributed by atoms with van der Waals surface area (Å²) in [6.07, 6.45) is 2.54. The molecule has 0 bridgehead atoms. The van der Waals surface area contributed by atoms with Gasteiger partial charge in [0.2, 0.25) is 0 Å². The van der Waals surface area contributed by atoms with Gasteiger partial charge in [0.25, 0.3) is 0 Å². The molecule has 0 radical (unpaired) electrons. The van der Waals surface area contributed by atoms with E-state index in [9.17, 15) is 4.39 Å². The van der Waals surface area contributed by atoms with E-state index in [1.807, 2.05) is 17.3 Å². The van der Waals surface area contributed by atoms with Crippen molar-refractivity contribution in [2.24, 2.45) is 4.99 Å². The summed E-state index contributed by atoms with van der Waals surface area (Å²) < 4.78 is 13.8. The summed E-state index contributed by atoms with van der Waals surface area (Å²) in [5.41, 5.74) is 2.89. The van der Waals surface area contributed by atoms with Crippen LogP contribution in [0.5, 0.6) is 0 Å². The minimum absolute atomic E-state index is 0. The molecule has 2 aromatic rings. The predicted octanol–water partition coefficient (Wildman–Crippen LogP) is 2.55. The van der Waals surface area contributed by atoms with Gasteiger partial charge in [0, 0.05) is 37.3 Å². The van der Waals surface area contributed by atoms with E-state index < -0.39 is 0 Å². The smallest absolute Gasteiger partial charge is 0.191 e. The van der Waals surface area contributed by atoms with Crippen molar-refractivity contribution in [2.75, 3.05) is 25.0 Å². The number of nitrogens with zero attached hydrogens (tertiary/aromatic N) is 4. The van der Waals surface area contributed by atoms with Gasteiger partial charge < -0.3 is 15.5 Å². The van der Waals surface area contributed by atoms with Crippen LogP contribution in [0.4, 0.5) is 10.2 Å². The molecule has 0 aliphatic carbocycles. The van der Waals surface area contributed by atoms with Crippen LogP contribution >= 0.6 is 35.3 Å². The van der Waals surface area contributed by atoms with E-state index in [-0.39, 0.29) is 35.8 Å². The first-order chi connectivity index (χ1) is 11.7. The number of nitrogens with one attached hydrogen (secondary N) is 2. The van der Waals surface area contributed by atoms with E-state index in [1.54, 1.807) is 30.6 Å². The lowest BCUT2D eigenvalue weighted by Gasteiger charge is -2.19. The summed E-state index contributed by atoms with van der Waals surface area (Å²) in [6, 6.07) is 3.26. The quantitative estimate of drug-likeness (QED) is 0.404. The van der Waals surface area contributed by atoms with Gasteiger partial charge >= 0.3 is 0 Å². The van der Waals surface area contributed by atoms with Crippen LogP contribution in [0.15, 0.2) is 28.8 Å². The largest absolute Gasteiger partial charge is 0.352 e. The second kappa shape index (κ2) is 9.27. The van der Waals surface area contributed by atoms with Crippen molar-refractivity contribution in [1.82, 2.24) is 20.6 Å². The zero-order valence-corrected chi connectivity index (χ0v) is 17.3. The Kier molecular flexibility index (Phi) is 7.36. The Morgan fingerprint density at radius 1 is 1.48 bits per heavy atom. The Morgan fingerprint density at radius 2 is 2.32 bits per heavy atom.